The van der Waals surface area contributed by atoms with Gasteiger partial charge in [-0.05, 0) is 18.9 Å². The molecule has 1 aliphatic rings. The molecule has 0 aromatic carbocycles. The third-order valence-electron chi connectivity index (χ3n) is 3.42. The number of carbonyl (C=O) groups is 1. The normalized spacial score (nSPS) is 17.1. The maximum Gasteiger partial charge on any atom is 0.273 e. The lowest BCUT2D eigenvalue weighted by molar-refractivity contribution is 0.0627. The van der Waals surface area contributed by atoms with Crippen LogP contribution in [0.5, 0.6) is 0 Å². The van der Waals surface area contributed by atoms with Crippen molar-refractivity contribution >= 4 is 22.4 Å². The van der Waals surface area contributed by atoms with Gasteiger partial charge >= 0.3 is 0 Å². The van der Waals surface area contributed by atoms with E-state index >= 15 is 0 Å². The van der Waals surface area contributed by atoms with Crippen LogP contribution < -0.4 is 5.73 Å². The molecule has 0 unspecified atom stereocenters. The quantitative estimate of drug-likeness (QED) is 0.909. The van der Waals surface area contributed by atoms with Crippen molar-refractivity contribution in [2.45, 2.75) is 20.3 Å². The SMILES string of the molecule is CC(C)CCN1CCN(C(=O)c2csc(N)n2)CC1. The molecule has 2 heterocycles. The summed E-state index contributed by atoms with van der Waals surface area (Å²) in [6, 6.07) is 0. The Morgan fingerprint density at radius 3 is 2.63 bits per heavy atom. The number of carbonyl (C=O) groups excluding carboxylic acids is 1. The Morgan fingerprint density at radius 1 is 1.42 bits per heavy atom. The minimum absolute atomic E-state index is 0.0106. The fourth-order valence-electron chi connectivity index (χ4n) is 2.16. The second kappa shape index (κ2) is 6.34. The average molecular weight is 282 g/mol. The summed E-state index contributed by atoms with van der Waals surface area (Å²) in [4.78, 5) is 20.5. The van der Waals surface area contributed by atoms with Crippen LogP contribution in [0.15, 0.2) is 5.38 Å². The highest BCUT2D eigenvalue weighted by Gasteiger charge is 2.23. The van der Waals surface area contributed by atoms with Gasteiger partial charge in [-0.15, -0.1) is 11.3 Å². The number of rotatable bonds is 4. The third kappa shape index (κ3) is 3.91. The van der Waals surface area contributed by atoms with Crippen LogP contribution in [-0.4, -0.2) is 53.4 Å². The highest BCUT2D eigenvalue weighted by molar-refractivity contribution is 7.13. The maximum atomic E-state index is 12.2. The number of amides is 1. The first kappa shape index (κ1) is 14.3. The van der Waals surface area contributed by atoms with Crippen LogP contribution in [0.3, 0.4) is 0 Å². The highest BCUT2D eigenvalue weighted by atomic mass is 32.1. The lowest BCUT2D eigenvalue weighted by atomic mass is 10.1. The molecule has 1 aliphatic heterocycles. The molecule has 6 heteroatoms. The zero-order valence-corrected chi connectivity index (χ0v) is 12.4. The summed E-state index contributed by atoms with van der Waals surface area (Å²) in [6.07, 6.45) is 1.22. The molecule has 0 aliphatic carbocycles. The lowest BCUT2D eigenvalue weighted by Gasteiger charge is -2.34. The summed E-state index contributed by atoms with van der Waals surface area (Å²) in [5.41, 5.74) is 6.05. The van der Waals surface area contributed by atoms with E-state index in [9.17, 15) is 4.79 Å². The van der Waals surface area contributed by atoms with Crippen molar-refractivity contribution in [1.29, 1.82) is 0 Å². The monoisotopic (exact) mass is 282 g/mol. The molecule has 1 aromatic heterocycles. The van der Waals surface area contributed by atoms with Crippen molar-refractivity contribution in [2.24, 2.45) is 5.92 Å². The molecule has 1 fully saturated rings. The summed E-state index contributed by atoms with van der Waals surface area (Å²) in [5.74, 6) is 0.745. The number of anilines is 1. The van der Waals surface area contributed by atoms with Gasteiger partial charge in [-0.1, -0.05) is 13.8 Å². The molecule has 0 radical (unpaired) electrons. The average Bonchev–Trinajstić information content (AvgIpc) is 2.83. The Bertz CT molecular complexity index is 424. The molecule has 0 saturated carbocycles. The summed E-state index contributed by atoms with van der Waals surface area (Å²) in [5, 5.41) is 2.20. The molecule has 2 rings (SSSR count). The van der Waals surface area contributed by atoms with Crippen molar-refractivity contribution < 1.29 is 4.79 Å². The van der Waals surface area contributed by atoms with Crippen molar-refractivity contribution in [2.75, 3.05) is 38.5 Å². The number of nitrogens with zero attached hydrogens (tertiary/aromatic N) is 3. The van der Waals surface area contributed by atoms with E-state index in [0.717, 1.165) is 38.6 Å². The van der Waals surface area contributed by atoms with Gasteiger partial charge in [0.25, 0.3) is 5.91 Å². The van der Waals surface area contributed by atoms with Gasteiger partial charge in [-0.3, -0.25) is 9.69 Å². The smallest absolute Gasteiger partial charge is 0.273 e. The van der Waals surface area contributed by atoms with E-state index < -0.39 is 0 Å². The van der Waals surface area contributed by atoms with Crippen LogP contribution >= 0.6 is 11.3 Å². The number of nitrogens with two attached hydrogens (primary N) is 1. The predicted molar refractivity (Wildman–Crippen MR) is 78.3 cm³/mol. The Balaban J connectivity index is 1.81. The summed E-state index contributed by atoms with van der Waals surface area (Å²) < 4.78 is 0. The van der Waals surface area contributed by atoms with Crippen LogP contribution in [0.2, 0.25) is 0 Å². The number of nitrogen functional groups attached to an aromatic ring is 1. The molecule has 5 nitrogen and oxygen atoms in total. The van der Waals surface area contributed by atoms with E-state index in [2.05, 4.69) is 23.7 Å². The van der Waals surface area contributed by atoms with Crippen molar-refractivity contribution in [3.8, 4) is 0 Å². The second-order valence-corrected chi connectivity index (χ2v) is 6.28. The number of hydrogen-bond donors (Lipinski definition) is 1. The minimum Gasteiger partial charge on any atom is -0.375 e. The molecule has 1 amide bonds. The van der Waals surface area contributed by atoms with Crippen LogP contribution in [0.25, 0.3) is 0 Å². The summed E-state index contributed by atoms with van der Waals surface area (Å²) in [6.45, 7) is 9.10. The molecule has 2 N–H and O–H groups in total. The first-order valence-corrected chi connectivity index (χ1v) is 7.67. The number of hydrogen-bond acceptors (Lipinski definition) is 5. The van der Waals surface area contributed by atoms with Crippen molar-refractivity contribution in [3.05, 3.63) is 11.1 Å². The van der Waals surface area contributed by atoms with E-state index in [1.54, 1.807) is 5.38 Å². The molecule has 19 heavy (non-hydrogen) atoms. The van der Waals surface area contributed by atoms with E-state index in [-0.39, 0.29) is 5.91 Å². The topological polar surface area (TPSA) is 62.5 Å². The zero-order valence-electron chi connectivity index (χ0n) is 11.6. The molecule has 1 saturated heterocycles. The van der Waals surface area contributed by atoms with Crippen LogP contribution in [0.1, 0.15) is 30.8 Å². The minimum atomic E-state index is 0.0106. The molecule has 106 valence electrons. The van der Waals surface area contributed by atoms with Gasteiger partial charge in [-0.25, -0.2) is 4.98 Å². The Morgan fingerprint density at radius 2 is 2.11 bits per heavy atom. The summed E-state index contributed by atoms with van der Waals surface area (Å²) >= 11 is 1.32. The molecule has 0 atom stereocenters. The summed E-state index contributed by atoms with van der Waals surface area (Å²) in [7, 11) is 0. The fourth-order valence-corrected chi connectivity index (χ4v) is 2.70. The number of thiazole rings is 1. The van der Waals surface area contributed by atoms with Crippen molar-refractivity contribution in [1.82, 2.24) is 14.8 Å². The van der Waals surface area contributed by atoms with E-state index in [1.807, 2.05) is 4.90 Å². The zero-order chi connectivity index (χ0) is 13.8. The van der Waals surface area contributed by atoms with E-state index in [4.69, 9.17) is 5.73 Å². The van der Waals surface area contributed by atoms with Crippen LogP contribution in [-0.2, 0) is 0 Å². The van der Waals surface area contributed by atoms with Gasteiger partial charge < -0.3 is 10.6 Å². The Labute approximate surface area is 118 Å². The third-order valence-corrected chi connectivity index (χ3v) is 4.10. The molecular weight excluding hydrogens is 260 g/mol. The lowest BCUT2D eigenvalue weighted by Crippen LogP contribution is -2.49. The van der Waals surface area contributed by atoms with Crippen LogP contribution in [0, 0.1) is 5.92 Å². The number of aromatic nitrogens is 1. The predicted octanol–water partition coefficient (Wildman–Crippen LogP) is 1.53. The first-order valence-electron chi connectivity index (χ1n) is 6.79. The Kier molecular flexibility index (Phi) is 4.76. The maximum absolute atomic E-state index is 12.2. The Hall–Kier alpha value is -1.14. The molecule has 1 aromatic rings. The molecule has 0 spiro atoms. The second-order valence-electron chi connectivity index (χ2n) is 5.39. The van der Waals surface area contributed by atoms with Gasteiger partial charge in [0.2, 0.25) is 0 Å². The van der Waals surface area contributed by atoms with Gasteiger partial charge in [0, 0.05) is 31.6 Å². The van der Waals surface area contributed by atoms with E-state index in [0.29, 0.717) is 10.8 Å². The molecular formula is C13H22N4OS. The van der Waals surface area contributed by atoms with Gasteiger partial charge in [-0.2, -0.15) is 0 Å². The van der Waals surface area contributed by atoms with E-state index in [1.165, 1.54) is 17.8 Å². The van der Waals surface area contributed by atoms with Gasteiger partial charge in [0.05, 0.1) is 0 Å². The standard InChI is InChI=1S/C13H22N4OS/c1-10(2)3-4-16-5-7-17(8-6-16)12(18)11-9-19-13(14)15-11/h9-10H,3-8H2,1-2H3,(H2,14,15). The number of piperazine rings is 1. The highest BCUT2D eigenvalue weighted by Crippen LogP contribution is 2.14. The van der Waals surface area contributed by atoms with Gasteiger partial charge in [0.1, 0.15) is 5.69 Å². The first-order chi connectivity index (χ1) is 9.06. The van der Waals surface area contributed by atoms with Crippen molar-refractivity contribution in [3.63, 3.8) is 0 Å². The van der Waals surface area contributed by atoms with Crippen LogP contribution in [0.4, 0.5) is 5.13 Å². The largest absolute Gasteiger partial charge is 0.375 e. The van der Waals surface area contributed by atoms with Gasteiger partial charge in [0.15, 0.2) is 5.13 Å². The molecule has 0 bridgehead atoms. The fraction of sp³-hybridized carbons (Fsp3) is 0.692.